The van der Waals surface area contributed by atoms with E-state index >= 15 is 0 Å². The maximum absolute atomic E-state index is 13.9. The van der Waals surface area contributed by atoms with Crippen molar-refractivity contribution in [3.8, 4) is 0 Å². The smallest absolute Gasteiger partial charge is 0.234 e. The predicted molar refractivity (Wildman–Crippen MR) is 111 cm³/mol. The second-order valence-electron chi connectivity index (χ2n) is 8.00. The van der Waals surface area contributed by atoms with Gasteiger partial charge in [-0.1, -0.05) is 11.6 Å². The van der Waals surface area contributed by atoms with E-state index in [1.807, 2.05) is 0 Å². The van der Waals surface area contributed by atoms with Crippen LogP contribution in [0, 0.1) is 5.92 Å². The lowest BCUT2D eigenvalue weighted by atomic mass is 9.92. The summed E-state index contributed by atoms with van der Waals surface area (Å²) < 4.78 is 20.0. The molecular formula is C21H25ClFN5O2. The van der Waals surface area contributed by atoms with Gasteiger partial charge in [0.1, 0.15) is 11.6 Å². The number of ether oxygens (including phenoxy) is 1. The van der Waals surface area contributed by atoms with Crippen LogP contribution in [0.5, 0.6) is 0 Å². The van der Waals surface area contributed by atoms with Crippen LogP contribution in [0.25, 0.3) is 5.57 Å². The Morgan fingerprint density at radius 2 is 1.90 bits per heavy atom. The van der Waals surface area contributed by atoms with E-state index in [0.717, 1.165) is 25.7 Å². The minimum Gasteiger partial charge on any atom is -0.494 e. The van der Waals surface area contributed by atoms with Gasteiger partial charge in [-0.15, -0.1) is 0 Å². The van der Waals surface area contributed by atoms with Gasteiger partial charge in [0, 0.05) is 35.8 Å². The Labute approximate surface area is 179 Å². The molecule has 1 aromatic rings. The van der Waals surface area contributed by atoms with E-state index in [1.165, 1.54) is 24.5 Å². The molecule has 0 saturated heterocycles. The number of nitrogens with two attached hydrogens (primary N) is 2. The Kier molecular flexibility index (Phi) is 6.06. The maximum Gasteiger partial charge on any atom is 0.234 e. The number of nitrogens with zero attached hydrogens (tertiary/aromatic N) is 3. The standard InChI is InChI=1S/C21H25ClFN5O2/c22-12-8-26-20(27-9-12)17-10-28(11-18(17)25)21(29)16-6-1-13(23)7-19(16)30-15-4-2-14(24)3-5-15/h1,7-9,14-16H,2-6,10-11,24-25H2. The van der Waals surface area contributed by atoms with Gasteiger partial charge in [-0.3, -0.25) is 4.79 Å². The minimum absolute atomic E-state index is 0.0444. The van der Waals surface area contributed by atoms with Crippen LogP contribution in [0.3, 0.4) is 0 Å². The van der Waals surface area contributed by atoms with Crippen molar-refractivity contribution in [2.24, 2.45) is 17.4 Å². The van der Waals surface area contributed by atoms with Crippen LogP contribution in [0.4, 0.5) is 4.39 Å². The van der Waals surface area contributed by atoms with Crippen molar-refractivity contribution in [1.82, 2.24) is 14.9 Å². The molecule has 1 saturated carbocycles. The average molecular weight is 434 g/mol. The summed E-state index contributed by atoms with van der Waals surface area (Å²) in [6.45, 7) is 0.564. The summed E-state index contributed by atoms with van der Waals surface area (Å²) in [7, 11) is 0. The second-order valence-corrected chi connectivity index (χ2v) is 8.44. The molecule has 0 radical (unpaired) electrons. The topological polar surface area (TPSA) is 107 Å². The molecule has 1 aromatic heterocycles. The predicted octanol–water partition coefficient (Wildman–Crippen LogP) is 2.69. The number of amides is 1. The van der Waals surface area contributed by atoms with Crippen molar-refractivity contribution in [3.63, 3.8) is 0 Å². The molecule has 3 aliphatic rings. The lowest BCUT2D eigenvalue weighted by molar-refractivity contribution is -0.134. The lowest BCUT2D eigenvalue weighted by Gasteiger charge is -2.32. The van der Waals surface area contributed by atoms with Gasteiger partial charge >= 0.3 is 0 Å². The molecule has 0 aromatic carbocycles. The zero-order valence-corrected chi connectivity index (χ0v) is 17.3. The fraction of sp³-hybridized carbons (Fsp3) is 0.476. The Bertz CT molecular complexity index is 906. The normalized spacial score (nSPS) is 27.0. The van der Waals surface area contributed by atoms with Gasteiger partial charge in [-0.05, 0) is 38.2 Å². The number of hydrogen-bond acceptors (Lipinski definition) is 6. The van der Waals surface area contributed by atoms with Crippen LogP contribution in [0.2, 0.25) is 5.02 Å². The molecule has 7 nitrogen and oxygen atoms in total. The van der Waals surface area contributed by atoms with E-state index in [0.29, 0.717) is 34.4 Å². The number of hydrogen-bond donors (Lipinski definition) is 2. The number of carbonyl (C=O) groups excluding carboxylic acids is 1. The zero-order chi connectivity index (χ0) is 21.3. The lowest BCUT2D eigenvalue weighted by Crippen LogP contribution is -2.38. The molecule has 1 fully saturated rings. The molecular weight excluding hydrogens is 409 g/mol. The highest BCUT2D eigenvalue weighted by Crippen LogP contribution is 2.33. The molecule has 0 spiro atoms. The SMILES string of the molecule is NC1=C(c2ncc(Cl)cn2)CN(C(=O)C2CC=C(F)C=C2OC2CCC(N)CC2)C1. The van der Waals surface area contributed by atoms with Crippen molar-refractivity contribution in [1.29, 1.82) is 0 Å². The number of carbonyl (C=O) groups is 1. The van der Waals surface area contributed by atoms with Gasteiger partial charge in [0.2, 0.25) is 5.91 Å². The highest BCUT2D eigenvalue weighted by molar-refractivity contribution is 6.30. The molecule has 2 aliphatic carbocycles. The molecule has 0 bridgehead atoms. The molecule has 4 rings (SSSR count). The first-order chi connectivity index (χ1) is 14.4. The third kappa shape index (κ3) is 4.49. The zero-order valence-electron chi connectivity index (χ0n) is 16.6. The number of halogens is 2. The third-order valence-corrected chi connectivity index (χ3v) is 5.99. The summed E-state index contributed by atoms with van der Waals surface area (Å²) in [6.07, 6.45) is 9.30. The second kappa shape index (κ2) is 8.73. The van der Waals surface area contributed by atoms with Gasteiger partial charge < -0.3 is 21.1 Å². The van der Waals surface area contributed by atoms with E-state index in [1.54, 1.807) is 4.90 Å². The average Bonchev–Trinajstić information content (AvgIpc) is 3.12. The number of rotatable bonds is 4. The first-order valence-electron chi connectivity index (χ1n) is 10.1. The van der Waals surface area contributed by atoms with Crippen molar-refractivity contribution in [3.05, 3.63) is 52.7 Å². The van der Waals surface area contributed by atoms with Crippen molar-refractivity contribution < 1.29 is 13.9 Å². The Morgan fingerprint density at radius 1 is 1.20 bits per heavy atom. The minimum atomic E-state index is -0.571. The van der Waals surface area contributed by atoms with Crippen LogP contribution >= 0.6 is 11.6 Å². The fourth-order valence-corrected chi connectivity index (χ4v) is 4.19. The highest BCUT2D eigenvalue weighted by Gasteiger charge is 2.36. The molecule has 30 heavy (non-hydrogen) atoms. The molecule has 1 unspecified atom stereocenters. The van der Waals surface area contributed by atoms with E-state index in [-0.39, 0.29) is 36.8 Å². The summed E-state index contributed by atoms with van der Waals surface area (Å²) in [6, 6.07) is 0.186. The molecule has 9 heteroatoms. The molecule has 1 aliphatic heterocycles. The monoisotopic (exact) mass is 433 g/mol. The Balaban J connectivity index is 1.45. The largest absolute Gasteiger partial charge is 0.494 e. The Hall–Kier alpha value is -2.45. The molecule has 4 N–H and O–H groups in total. The van der Waals surface area contributed by atoms with Crippen LogP contribution in [0.1, 0.15) is 37.9 Å². The molecule has 1 amide bonds. The molecule has 160 valence electrons. The molecule has 2 heterocycles. The van der Waals surface area contributed by atoms with E-state index in [2.05, 4.69) is 9.97 Å². The summed E-state index contributed by atoms with van der Waals surface area (Å²) >= 11 is 5.85. The summed E-state index contributed by atoms with van der Waals surface area (Å²) in [5.74, 6) is -0.263. The summed E-state index contributed by atoms with van der Waals surface area (Å²) in [4.78, 5) is 23.3. The van der Waals surface area contributed by atoms with Crippen LogP contribution in [-0.2, 0) is 9.53 Å². The number of aromatic nitrogens is 2. The van der Waals surface area contributed by atoms with Gasteiger partial charge in [-0.2, -0.15) is 0 Å². The van der Waals surface area contributed by atoms with Gasteiger partial charge in [-0.25, -0.2) is 14.4 Å². The van der Waals surface area contributed by atoms with Crippen molar-refractivity contribution in [2.75, 3.05) is 13.1 Å². The van der Waals surface area contributed by atoms with Crippen LogP contribution in [0.15, 0.2) is 41.8 Å². The first kappa shape index (κ1) is 20.8. The third-order valence-electron chi connectivity index (χ3n) is 5.79. The van der Waals surface area contributed by atoms with E-state index < -0.39 is 5.92 Å². The summed E-state index contributed by atoms with van der Waals surface area (Å²) in [5.41, 5.74) is 13.4. The first-order valence-corrected chi connectivity index (χ1v) is 10.5. The van der Waals surface area contributed by atoms with Gasteiger partial charge in [0.25, 0.3) is 0 Å². The van der Waals surface area contributed by atoms with E-state index in [4.69, 9.17) is 27.8 Å². The van der Waals surface area contributed by atoms with Crippen molar-refractivity contribution >= 4 is 23.1 Å². The molecule has 1 atom stereocenters. The van der Waals surface area contributed by atoms with E-state index in [9.17, 15) is 9.18 Å². The van der Waals surface area contributed by atoms with Crippen LogP contribution < -0.4 is 11.5 Å². The summed E-state index contributed by atoms with van der Waals surface area (Å²) in [5, 5.41) is 0.426. The van der Waals surface area contributed by atoms with Gasteiger partial charge in [0.15, 0.2) is 5.82 Å². The quantitative estimate of drug-likeness (QED) is 0.755. The Morgan fingerprint density at radius 3 is 2.60 bits per heavy atom. The fourth-order valence-electron chi connectivity index (χ4n) is 4.09. The van der Waals surface area contributed by atoms with Gasteiger partial charge in [0.05, 0.1) is 30.1 Å². The van der Waals surface area contributed by atoms with Crippen molar-refractivity contribution in [2.45, 2.75) is 44.2 Å². The maximum atomic E-state index is 13.9. The highest BCUT2D eigenvalue weighted by atomic mass is 35.5. The van der Waals surface area contributed by atoms with Crippen LogP contribution in [-0.4, -0.2) is 46.0 Å². The number of allylic oxidation sites excluding steroid dienone is 3.